The highest BCUT2D eigenvalue weighted by Crippen LogP contribution is 2.28. The van der Waals surface area contributed by atoms with E-state index in [1.165, 1.54) is 0 Å². The Morgan fingerprint density at radius 3 is 2.47 bits per heavy atom. The molecular weight excluding hydrogens is 422 g/mol. The smallest absolute Gasteiger partial charge is 0.270 e. The van der Waals surface area contributed by atoms with Crippen molar-refractivity contribution >= 4 is 23.2 Å². The first-order valence-corrected chi connectivity index (χ1v) is 10.5. The summed E-state index contributed by atoms with van der Waals surface area (Å²) in [7, 11) is 0. The maximum atomic E-state index is 13.2. The van der Waals surface area contributed by atoms with Gasteiger partial charge >= 0.3 is 0 Å². The predicted molar refractivity (Wildman–Crippen MR) is 124 cm³/mol. The molecule has 0 bridgehead atoms. The Morgan fingerprint density at radius 1 is 0.906 bits per heavy atom. The molecule has 0 atom stereocenters. The van der Waals surface area contributed by atoms with Crippen LogP contribution in [0.1, 0.15) is 16.2 Å². The number of hydrogen-bond acceptors (Lipinski definition) is 4. The number of carbonyl (C=O) groups excluding carboxylic acids is 1. The number of nitrogens with one attached hydrogen (secondary N) is 1. The zero-order valence-electron chi connectivity index (χ0n) is 16.9. The van der Waals surface area contributed by atoms with E-state index in [2.05, 4.69) is 15.4 Å². The highest BCUT2D eigenvalue weighted by atomic mass is 35.5. The van der Waals surface area contributed by atoms with Gasteiger partial charge in [0.1, 0.15) is 5.69 Å². The number of nitrogens with zero attached hydrogens (tertiary/aromatic N) is 4. The average molecular weight is 440 g/mol. The summed E-state index contributed by atoms with van der Waals surface area (Å²) in [6.07, 6.45) is 1.70. The van der Waals surface area contributed by atoms with Crippen molar-refractivity contribution in [3.8, 4) is 22.5 Å². The molecule has 0 spiro atoms. The molecule has 5 rings (SSSR count). The molecular formula is C25H18ClN5O. The molecule has 5 aromatic rings. The molecule has 0 aliphatic carbocycles. The minimum absolute atomic E-state index is 0.279. The number of benzene rings is 2. The first-order chi connectivity index (χ1) is 15.7. The summed E-state index contributed by atoms with van der Waals surface area (Å²) < 4.78 is 1.57. The van der Waals surface area contributed by atoms with Crippen molar-refractivity contribution in [3.05, 3.63) is 108 Å². The second-order valence-electron chi connectivity index (χ2n) is 7.18. The monoisotopic (exact) mass is 439 g/mol. The molecule has 32 heavy (non-hydrogen) atoms. The molecule has 1 amide bonds. The zero-order chi connectivity index (χ0) is 21.9. The highest BCUT2D eigenvalue weighted by molar-refractivity contribution is 6.33. The number of aromatic nitrogens is 4. The lowest BCUT2D eigenvalue weighted by Crippen LogP contribution is -2.26. The average Bonchev–Trinajstić information content (AvgIpc) is 3.28. The molecule has 3 aromatic heterocycles. The topological polar surface area (TPSA) is 72.2 Å². The van der Waals surface area contributed by atoms with Crippen LogP contribution in [0, 0.1) is 0 Å². The summed E-state index contributed by atoms with van der Waals surface area (Å²) in [5.41, 5.74) is 4.71. The van der Waals surface area contributed by atoms with Gasteiger partial charge in [0.2, 0.25) is 0 Å². The lowest BCUT2D eigenvalue weighted by molar-refractivity contribution is 0.0943. The standard InChI is InChI=1S/C25H18ClN5O/c26-20-12-5-4-11-19(20)22-14-23(25(32)28-16-18-10-6-7-13-27-18)31-24(29-22)15-21(30-31)17-8-2-1-3-9-17/h1-15H,16H2,(H,28,32). The Labute approximate surface area is 189 Å². The van der Waals surface area contributed by atoms with Crippen molar-refractivity contribution in [2.45, 2.75) is 6.54 Å². The van der Waals surface area contributed by atoms with Gasteiger partial charge in [0.15, 0.2) is 5.65 Å². The van der Waals surface area contributed by atoms with E-state index < -0.39 is 0 Å². The van der Waals surface area contributed by atoms with E-state index in [4.69, 9.17) is 16.6 Å². The van der Waals surface area contributed by atoms with Crippen molar-refractivity contribution in [1.29, 1.82) is 0 Å². The molecule has 0 unspecified atom stereocenters. The van der Waals surface area contributed by atoms with Crippen molar-refractivity contribution in [3.63, 3.8) is 0 Å². The molecule has 0 fully saturated rings. The van der Waals surface area contributed by atoms with Gasteiger partial charge in [-0.2, -0.15) is 5.10 Å². The Balaban J connectivity index is 1.60. The number of hydrogen-bond donors (Lipinski definition) is 1. The SMILES string of the molecule is O=C(NCc1ccccn1)c1cc(-c2ccccc2Cl)nc2cc(-c3ccccc3)nn12. The molecule has 1 N–H and O–H groups in total. The number of carbonyl (C=O) groups is 1. The highest BCUT2D eigenvalue weighted by Gasteiger charge is 2.18. The van der Waals surface area contributed by atoms with Crippen LogP contribution >= 0.6 is 11.6 Å². The first kappa shape index (κ1) is 19.9. The maximum Gasteiger partial charge on any atom is 0.270 e. The van der Waals surface area contributed by atoms with Gasteiger partial charge in [0.25, 0.3) is 5.91 Å². The molecule has 0 saturated carbocycles. The Bertz CT molecular complexity index is 1400. The number of rotatable bonds is 5. The fourth-order valence-corrected chi connectivity index (χ4v) is 3.69. The van der Waals surface area contributed by atoms with Crippen molar-refractivity contribution in [2.75, 3.05) is 0 Å². The molecule has 7 heteroatoms. The van der Waals surface area contributed by atoms with Crippen LogP contribution in [0.4, 0.5) is 0 Å². The van der Waals surface area contributed by atoms with Crippen LogP contribution < -0.4 is 5.32 Å². The molecule has 2 aromatic carbocycles. The fourth-order valence-electron chi connectivity index (χ4n) is 3.46. The first-order valence-electron chi connectivity index (χ1n) is 10.1. The predicted octanol–water partition coefficient (Wildman–Crippen LogP) is 5.04. The molecule has 0 radical (unpaired) electrons. The Hall–Kier alpha value is -4.03. The van der Waals surface area contributed by atoms with Crippen LogP contribution in [-0.2, 0) is 6.54 Å². The lowest BCUT2D eigenvalue weighted by atomic mass is 10.1. The van der Waals surface area contributed by atoms with Gasteiger partial charge in [0, 0.05) is 28.4 Å². The van der Waals surface area contributed by atoms with Crippen molar-refractivity contribution in [2.24, 2.45) is 0 Å². The largest absolute Gasteiger partial charge is 0.345 e. The molecule has 156 valence electrons. The minimum atomic E-state index is -0.279. The van der Waals surface area contributed by atoms with Gasteiger partial charge in [-0.3, -0.25) is 9.78 Å². The summed E-state index contributed by atoms with van der Waals surface area (Å²) >= 11 is 6.41. The van der Waals surface area contributed by atoms with E-state index in [1.807, 2.05) is 72.8 Å². The van der Waals surface area contributed by atoms with Crippen LogP contribution in [0.15, 0.2) is 91.1 Å². The summed E-state index contributed by atoms with van der Waals surface area (Å²) in [4.78, 5) is 22.2. The molecule has 3 heterocycles. The van der Waals surface area contributed by atoms with Crippen LogP contribution in [0.5, 0.6) is 0 Å². The number of amides is 1. The third kappa shape index (κ3) is 3.96. The van der Waals surface area contributed by atoms with Crippen LogP contribution in [0.25, 0.3) is 28.2 Å². The van der Waals surface area contributed by atoms with E-state index in [9.17, 15) is 4.79 Å². The van der Waals surface area contributed by atoms with E-state index in [0.717, 1.165) is 22.5 Å². The van der Waals surface area contributed by atoms with E-state index in [-0.39, 0.29) is 5.91 Å². The normalized spacial score (nSPS) is 10.9. The van der Waals surface area contributed by atoms with Gasteiger partial charge in [-0.1, -0.05) is 66.2 Å². The van der Waals surface area contributed by atoms with Crippen molar-refractivity contribution < 1.29 is 4.79 Å². The lowest BCUT2D eigenvalue weighted by Gasteiger charge is -2.10. The van der Waals surface area contributed by atoms with Gasteiger partial charge in [-0.15, -0.1) is 0 Å². The van der Waals surface area contributed by atoms with E-state index in [1.54, 1.807) is 22.8 Å². The van der Waals surface area contributed by atoms with Gasteiger partial charge in [-0.05, 0) is 24.3 Å². The van der Waals surface area contributed by atoms with Gasteiger partial charge in [0.05, 0.1) is 23.6 Å². The van der Waals surface area contributed by atoms with Crippen LogP contribution in [0.3, 0.4) is 0 Å². The second kappa shape index (κ2) is 8.61. The second-order valence-corrected chi connectivity index (χ2v) is 7.58. The molecule has 0 saturated heterocycles. The number of pyridine rings is 1. The van der Waals surface area contributed by atoms with E-state index in [0.29, 0.717) is 28.6 Å². The van der Waals surface area contributed by atoms with Crippen molar-refractivity contribution in [1.82, 2.24) is 24.9 Å². The maximum absolute atomic E-state index is 13.2. The van der Waals surface area contributed by atoms with Gasteiger partial charge in [-0.25, -0.2) is 9.50 Å². The number of halogens is 1. The van der Waals surface area contributed by atoms with Crippen LogP contribution in [0.2, 0.25) is 5.02 Å². The fraction of sp³-hybridized carbons (Fsp3) is 0.0400. The summed E-state index contributed by atoms with van der Waals surface area (Å²) in [5, 5.41) is 8.15. The summed E-state index contributed by atoms with van der Waals surface area (Å²) in [6.45, 7) is 0.303. The quantitative estimate of drug-likeness (QED) is 0.416. The minimum Gasteiger partial charge on any atom is -0.345 e. The molecule has 0 aliphatic heterocycles. The molecule has 0 aliphatic rings. The molecule has 6 nitrogen and oxygen atoms in total. The van der Waals surface area contributed by atoms with Gasteiger partial charge < -0.3 is 5.32 Å². The third-order valence-electron chi connectivity index (χ3n) is 5.04. The summed E-state index contributed by atoms with van der Waals surface area (Å²) in [5.74, 6) is -0.279. The Morgan fingerprint density at radius 2 is 1.69 bits per heavy atom. The zero-order valence-corrected chi connectivity index (χ0v) is 17.7. The third-order valence-corrected chi connectivity index (χ3v) is 5.36. The number of fused-ring (bicyclic) bond motifs is 1. The van der Waals surface area contributed by atoms with Crippen LogP contribution in [-0.4, -0.2) is 25.5 Å². The summed E-state index contributed by atoms with van der Waals surface area (Å²) in [6, 6.07) is 26.4. The Kier molecular flexibility index (Phi) is 5.35. The van der Waals surface area contributed by atoms with E-state index >= 15 is 0 Å².